The van der Waals surface area contributed by atoms with Crippen LogP contribution in [0.15, 0.2) is 24.3 Å². The molecule has 1 aromatic carbocycles. The molecule has 0 bridgehead atoms. The molecule has 0 amide bonds. The molecule has 3 rings (SSSR count). The minimum absolute atomic E-state index is 0.357. The van der Waals surface area contributed by atoms with Crippen LogP contribution in [0, 0.1) is 0 Å². The van der Waals surface area contributed by atoms with E-state index in [-0.39, 0.29) is 0 Å². The Labute approximate surface area is 164 Å². The van der Waals surface area contributed by atoms with E-state index in [4.69, 9.17) is 9.47 Å². The molecule has 1 N–H and O–H groups in total. The monoisotopic (exact) mass is 376 g/mol. The van der Waals surface area contributed by atoms with Crippen LogP contribution in [-0.4, -0.2) is 73.6 Å². The molecule has 2 aliphatic rings. The number of hydrogen-bond acceptors (Lipinski definition) is 5. The van der Waals surface area contributed by atoms with Crippen molar-refractivity contribution in [2.45, 2.75) is 57.4 Å². The molecule has 0 unspecified atom stereocenters. The van der Waals surface area contributed by atoms with Gasteiger partial charge in [-0.25, -0.2) is 0 Å². The predicted molar refractivity (Wildman–Crippen MR) is 108 cm³/mol. The summed E-state index contributed by atoms with van der Waals surface area (Å²) in [4.78, 5) is 4.63. The van der Waals surface area contributed by atoms with Crippen LogP contribution in [0.4, 0.5) is 0 Å². The zero-order chi connectivity index (χ0) is 18.9. The molecule has 5 heteroatoms. The van der Waals surface area contributed by atoms with Crippen LogP contribution in [0.1, 0.15) is 43.2 Å². The maximum atomic E-state index is 10.3. The maximum absolute atomic E-state index is 10.3. The van der Waals surface area contributed by atoms with Gasteiger partial charge in [-0.15, -0.1) is 0 Å². The van der Waals surface area contributed by atoms with Crippen LogP contribution in [0.25, 0.3) is 0 Å². The van der Waals surface area contributed by atoms with Crippen molar-refractivity contribution in [1.29, 1.82) is 0 Å². The number of rotatable bonds is 9. The highest BCUT2D eigenvalue weighted by Crippen LogP contribution is 2.20. The smallest absolute Gasteiger partial charge is 0.0900 e. The SMILES string of the molecule is CN(Cc1cccc(CN2CCOCC2)c1)C[C@H](O)COC1CCCCC1. The number of ether oxygens (including phenoxy) is 2. The lowest BCUT2D eigenvalue weighted by molar-refractivity contribution is -0.0319. The fraction of sp³-hybridized carbons (Fsp3) is 0.727. The molecule has 1 aliphatic heterocycles. The summed E-state index contributed by atoms with van der Waals surface area (Å²) in [6, 6.07) is 8.80. The van der Waals surface area contributed by atoms with Crippen molar-refractivity contribution < 1.29 is 14.6 Å². The van der Waals surface area contributed by atoms with Gasteiger partial charge < -0.3 is 14.6 Å². The molecule has 1 atom stereocenters. The zero-order valence-electron chi connectivity index (χ0n) is 16.8. The van der Waals surface area contributed by atoms with Gasteiger partial charge in [0.1, 0.15) is 0 Å². The maximum Gasteiger partial charge on any atom is 0.0900 e. The Morgan fingerprint density at radius 2 is 1.93 bits per heavy atom. The highest BCUT2D eigenvalue weighted by atomic mass is 16.5. The Bertz CT molecular complexity index is 542. The number of likely N-dealkylation sites (N-methyl/N-ethyl adjacent to an activating group) is 1. The Morgan fingerprint density at radius 1 is 1.19 bits per heavy atom. The third kappa shape index (κ3) is 7.51. The predicted octanol–water partition coefficient (Wildman–Crippen LogP) is 2.66. The summed E-state index contributed by atoms with van der Waals surface area (Å²) in [5.74, 6) is 0. The lowest BCUT2D eigenvalue weighted by Crippen LogP contribution is -2.35. The number of aliphatic hydroxyl groups excluding tert-OH is 1. The minimum atomic E-state index is -0.423. The van der Waals surface area contributed by atoms with Crippen molar-refractivity contribution >= 4 is 0 Å². The lowest BCUT2D eigenvalue weighted by Gasteiger charge is -2.27. The van der Waals surface area contributed by atoms with Crippen LogP contribution < -0.4 is 0 Å². The van der Waals surface area contributed by atoms with Gasteiger partial charge in [0.25, 0.3) is 0 Å². The molecule has 0 radical (unpaired) electrons. The topological polar surface area (TPSA) is 45.2 Å². The van der Waals surface area contributed by atoms with E-state index in [9.17, 15) is 5.11 Å². The van der Waals surface area contributed by atoms with Crippen LogP contribution in [-0.2, 0) is 22.6 Å². The van der Waals surface area contributed by atoms with Gasteiger partial charge in [0, 0.05) is 32.7 Å². The highest BCUT2D eigenvalue weighted by Gasteiger charge is 2.17. The Hall–Kier alpha value is -0.980. The van der Waals surface area contributed by atoms with Crippen LogP contribution in [0.5, 0.6) is 0 Å². The standard InChI is InChI=1S/C22H36N2O3/c1-23(17-21(25)18-27-22-8-3-2-4-9-22)15-19-6-5-7-20(14-19)16-24-10-12-26-13-11-24/h5-7,14,21-22,25H,2-4,8-13,15-18H2,1H3/t21-/m0/s1. The molecular formula is C22H36N2O3. The van der Waals surface area contributed by atoms with E-state index in [1.807, 2.05) is 0 Å². The average molecular weight is 377 g/mol. The largest absolute Gasteiger partial charge is 0.389 e. The summed E-state index contributed by atoms with van der Waals surface area (Å²) < 4.78 is 11.3. The van der Waals surface area contributed by atoms with Crippen molar-refractivity contribution in [2.24, 2.45) is 0 Å². The molecule has 1 aromatic rings. The van der Waals surface area contributed by atoms with E-state index in [0.717, 1.165) is 52.2 Å². The third-order valence-electron chi connectivity index (χ3n) is 5.55. The first-order chi connectivity index (χ1) is 13.2. The summed E-state index contributed by atoms with van der Waals surface area (Å²) >= 11 is 0. The first-order valence-corrected chi connectivity index (χ1v) is 10.5. The Kier molecular flexibility index (Phi) is 8.55. The van der Waals surface area contributed by atoms with E-state index in [1.165, 1.54) is 30.4 Å². The molecule has 1 saturated carbocycles. The van der Waals surface area contributed by atoms with Gasteiger partial charge in [0.15, 0.2) is 0 Å². The van der Waals surface area contributed by atoms with Crippen molar-refractivity contribution in [3.05, 3.63) is 35.4 Å². The van der Waals surface area contributed by atoms with E-state index in [1.54, 1.807) is 0 Å². The summed E-state index contributed by atoms with van der Waals surface area (Å²) in [7, 11) is 2.07. The first-order valence-electron chi connectivity index (χ1n) is 10.5. The van der Waals surface area contributed by atoms with Gasteiger partial charge >= 0.3 is 0 Å². The fourth-order valence-electron chi connectivity index (χ4n) is 4.11. The van der Waals surface area contributed by atoms with Crippen molar-refractivity contribution in [3.63, 3.8) is 0 Å². The molecule has 1 saturated heterocycles. The first kappa shape index (κ1) is 20.7. The third-order valence-corrected chi connectivity index (χ3v) is 5.55. The second-order valence-electron chi connectivity index (χ2n) is 8.15. The highest BCUT2D eigenvalue weighted by molar-refractivity contribution is 5.23. The lowest BCUT2D eigenvalue weighted by atomic mass is 9.98. The summed E-state index contributed by atoms with van der Waals surface area (Å²) in [5.41, 5.74) is 2.65. The van der Waals surface area contributed by atoms with Crippen molar-refractivity contribution in [2.75, 3.05) is 46.5 Å². The van der Waals surface area contributed by atoms with Crippen molar-refractivity contribution in [3.8, 4) is 0 Å². The quantitative estimate of drug-likeness (QED) is 0.718. The fourth-order valence-corrected chi connectivity index (χ4v) is 4.11. The molecule has 2 fully saturated rings. The Morgan fingerprint density at radius 3 is 2.70 bits per heavy atom. The minimum Gasteiger partial charge on any atom is -0.389 e. The number of benzene rings is 1. The van der Waals surface area contributed by atoms with Crippen LogP contribution >= 0.6 is 0 Å². The molecule has 152 valence electrons. The van der Waals surface area contributed by atoms with Gasteiger partial charge in [0.05, 0.1) is 32.0 Å². The van der Waals surface area contributed by atoms with Gasteiger partial charge in [-0.1, -0.05) is 43.5 Å². The molecule has 0 aromatic heterocycles. The number of aliphatic hydroxyl groups is 1. The summed E-state index contributed by atoms with van der Waals surface area (Å²) in [6.07, 6.45) is 6.10. The van der Waals surface area contributed by atoms with Crippen LogP contribution in [0.2, 0.25) is 0 Å². The van der Waals surface area contributed by atoms with E-state index >= 15 is 0 Å². The van der Waals surface area contributed by atoms with E-state index in [2.05, 4.69) is 41.1 Å². The molecule has 27 heavy (non-hydrogen) atoms. The molecule has 1 aliphatic carbocycles. The summed E-state index contributed by atoms with van der Waals surface area (Å²) in [5, 5.41) is 10.3. The van der Waals surface area contributed by atoms with Gasteiger partial charge in [0.2, 0.25) is 0 Å². The molecule has 5 nitrogen and oxygen atoms in total. The number of morpholine rings is 1. The number of nitrogens with zero attached hydrogens (tertiary/aromatic N) is 2. The Balaban J connectivity index is 1.40. The number of hydrogen-bond donors (Lipinski definition) is 1. The molecule has 1 heterocycles. The normalized spacial score (nSPS) is 20.9. The van der Waals surface area contributed by atoms with E-state index < -0.39 is 6.10 Å². The zero-order valence-corrected chi connectivity index (χ0v) is 16.8. The van der Waals surface area contributed by atoms with Crippen molar-refractivity contribution in [1.82, 2.24) is 9.80 Å². The average Bonchev–Trinajstić information content (AvgIpc) is 2.68. The van der Waals surface area contributed by atoms with Crippen LogP contribution in [0.3, 0.4) is 0 Å². The van der Waals surface area contributed by atoms with Gasteiger partial charge in [-0.2, -0.15) is 0 Å². The molecular weight excluding hydrogens is 340 g/mol. The van der Waals surface area contributed by atoms with Gasteiger partial charge in [-0.05, 0) is 31.0 Å². The second-order valence-corrected chi connectivity index (χ2v) is 8.15. The molecule has 0 spiro atoms. The van der Waals surface area contributed by atoms with Gasteiger partial charge in [-0.3, -0.25) is 9.80 Å². The second kappa shape index (κ2) is 11.1. The van der Waals surface area contributed by atoms with E-state index in [0.29, 0.717) is 19.3 Å². The summed E-state index contributed by atoms with van der Waals surface area (Å²) in [6.45, 7) is 6.61.